The molecule has 0 unspecified atom stereocenters. The van der Waals surface area contributed by atoms with E-state index in [1.165, 1.54) is 17.2 Å². The van der Waals surface area contributed by atoms with Gasteiger partial charge in [0.1, 0.15) is 11.6 Å². The van der Waals surface area contributed by atoms with Crippen LogP contribution in [0.4, 0.5) is 4.39 Å². The lowest BCUT2D eigenvalue weighted by Gasteiger charge is -2.34. The van der Waals surface area contributed by atoms with E-state index < -0.39 is 17.5 Å². The van der Waals surface area contributed by atoms with Crippen LogP contribution in [0.5, 0.6) is 5.75 Å². The number of H-pyrrole nitrogens is 1. The summed E-state index contributed by atoms with van der Waals surface area (Å²) in [4.78, 5) is 44.8. The highest BCUT2D eigenvalue weighted by atomic mass is 19.1. The zero-order valence-electron chi connectivity index (χ0n) is 20.7. The molecule has 0 spiro atoms. The molecule has 190 valence electrons. The standard InChI is InChI=1S/C29H28FN3O4/c1-20-26(21-8-11-25(37-2)12-9-21)13-10-24(30)18-23(19-31-20)27(34)29(36)33-16-14-32(15-17-33)28(35)22-6-4-3-5-7-22/h3-13,18-19,31H,14-17H2,1-2H3. The van der Waals surface area contributed by atoms with Crippen LogP contribution in [-0.4, -0.2) is 65.7 Å². The molecule has 1 N–H and O–H groups in total. The molecular formula is C29H28FN3O4. The number of Topliss-reactive ketones (excluding diaryl/α,β-unsaturated/α-hetero) is 1. The maximum Gasteiger partial charge on any atom is 0.295 e. The van der Waals surface area contributed by atoms with E-state index in [0.29, 0.717) is 30.1 Å². The second kappa shape index (κ2) is 11.5. The summed E-state index contributed by atoms with van der Waals surface area (Å²) in [6.45, 7) is 2.86. The molecule has 2 amide bonds. The third-order valence-electron chi connectivity index (χ3n) is 6.28. The summed E-state index contributed by atoms with van der Waals surface area (Å²) in [7, 11) is 1.58. The van der Waals surface area contributed by atoms with Gasteiger partial charge in [-0.25, -0.2) is 4.39 Å². The lowest BCUT2D eigenvalue weighted by Crippen LogP contribution is -2.52. The molecule has 2 aromatic carbocycles. The van der Waals surface area contributed by atoms with Gasteiger partial charge in [0, 0.05) is 54.8 Å². The number of nitrogens with zero attached hydrogens (tertiary/aromatic N) is 2. The van der Waals surface area contributed by atoms with Crippen molar-refractivity contribution in [2.24, 2.45) is 0 Å². The van der Waals surface area contributed by atoms with Gasteiger partial charge in [-0.3, -0.25) is 14.4 Å². The highest BCUT2D eigenvalue weighted by Crippen LogP contribution is 2.24. The van der Waals surface area contributed by atoms with Crippen molar-refractivity contribution in [3.8, 4) is 16.9 Å². The lowest BCUT2D eigenvalue weighted by atomic mass is 10.1. The Labute approximate surface area is 214 Å². The number of ether oxygens (including phenoxy) is 1. The zero-order valence-corrected chi connectivity index (χ0v) is 20.7. The predicted octanol–water partition coefficient (Wildman–Crippen LogP) is 4.43. The van der Waals surface area contributed by atoms with E-state index >= 15 is 0 Å². The number of piperazine rings is 1. The number of rotatable bonds is 5. The molecule has 8 heteroatoms. The Morgan fingerprint density at radius 1 is 0.838 bits per heavy atom. The van der Waals surface area contributed by atoms with E-state index in [1.807, 2.05) is 18.2 Å². The van der Waals surface area contributed by atoms with Crippen molar-refractivity contribution >= 4 is 17.6 Å². The van der Waals surface area contributed by atoms with Gasteiger partial charge >= 0.3 is 0 Å². The molecule has 0 aliphatic carbocycles. The van der Waals surface area contributed by atoms with Crippen molar-refractivity contribution in [2.45, 2.75) is 6.92 Å². The molecular weight excluding hydrogens is 473 g/mol. The van der Waals surface area contributed by atoms with Gasteiger partial charge in [0.05, 0.1) is 7.11 Å². The van der Waals surface area contributed by atoms with Crippen LogP contribution in [0, 0.1) is 12.7 Å². The summed E-state index contributed by atoms with van der Waals surface area (Å²) in [5.74, 6) is -1.63. The molecule has 0 radical (unpaired) electrons. The van der Waals surface area contributed by atoms with Crippen molar-refractivity contribution in [3.63, 3.8) is 0 Å². The van der Waals surface area contributed by atoms with Crippen molar-refractivity contribution in [1.82, 2.24) is 14.8 Å². The summed E-state index contributed by atoms with van der Waals surface area (Å²) in [6.07, 6.45) is 1.35. The molecule has 37 heavy (non-hydrogen) atoms. The van der Waals surface area contributed by atoms with Gasteiger partial charge in [-0.05, 0) is 55.0 Å². The summed E-state index contributed by atoms with van der Waals surface area (Å²) in [5.41, 5.74) is 2.71. The summed E-state index contributed by atoms with van der Waals surface area (Å²) in [5, 5.41) is 0. The number of amides is 2. The minimum Gasteiger partial charge on any atom is -0.497 e. The first kappa shape index (κ1) is 25.6. The fourth-order valence-corrected chi connectivity index (χ4v) is 4.15. The number of methoxy groups -OCH3 is 1. The Balaban J connectivity index is 1.51. The SMILES string of the molecule is COc1ccc(-c2ccc(F)cc(C(=O)C(=O)N3CCN(C(=O)c4ccccc4)CC3)c[nH]c2C)cc1. The molecule has 3 aromatic rings. The van der Waals surface area contributed by atoms with E-state index in [1.54, 1.807) is 61.4 Å². The first-order valence-electron chi connectivity index (χ1n) is 11.9. The van der Waals surface area contributed by atoms with Gasteiger partial charge < -0.3 is 19.5 Å². The number of aryl methyl sites for hydroxylation is 1. The molecule has 1 saturated heterocycles. The second-order valence-electron chi connectivity index (χ2n) is 8.65. The molecule has 1 aliphatic heterocycles. The maximum atomic E-state index is 14.7. The number of aromatic nitrogens is 1. The van der Waals surface area contributed by atoms with Crippen LogP contribution < -0.4 is 4.74 Å². The smallest absolute Gasteiger partial charge is 0.295 e. The van der Waals surface area contributed by atoms with Gasteiger partial charge in [-0.15, -0.1) is 0 Å². The van der Waals surface area contributed by atoms with Crippen LogP contribution in [0.2, 0.25) is 0 Å². The van der Waals surface area contributed by atoms with Crippen molar-refractivity contribution in [1.29, 1.82) is 0 Å². The predicted molar refractivity (Wildman–Crippen MR) is 138 cm³/mol. The van der Waals surface area contributed by atoms with Gasteiger partial charge in [-0.2, -0.15) is 0 Å². The number of carbonyl (C=O) groups is 3. The van der Waals surface area contributed by atoms with Gasteiger partial charge in [-0.1, -0.05) is 30.3 Å². The van der Waals surface area contributed by atoms with E-state index in [4.69, 9.17) is 4.74 Å². The van der Waals surface area contributed by atoms with E-state index in [2.05, 4.69) is 4.98 Å². The minimum atomic E-state index is -0.820. The van der Waals surface area contributed by atoms with Crippen LogP contribution in [-0.2, 0) is 4.79 Å². The largest absolute Gasteiger partial charge is 0.497 e. The molecule has 4 rings (SSSR count). The molecule has 1 aromatic heterocycles. The van der Waals surface area contributed by atoms with Crippen molar-refractivity contribution in [3.05, 3.63) is 102 Å². The molecule has 7 nitrogen and oxygen atoms in total. The fourth-order valence-electron chi connectivity index (χ4n) is 4.15. The Kier molecular flexibility index (Phi) is 7.98. The summed E-state index contributed by atoms with van der Waals surface area (Å²) in [6, 6.07) is 20.1. The van der Waals surface area contributed by atoms with E-state index in [9.17, 15) is 18.8 Å². The number of benzene rings is 2. The molecule has 2 heterocycles. The van der Waals surface area contributed by atoms with E-state index in [-0.39, 0.29) is 24.6 Å². The third kappa shape index (κ3) is 6.03. The second-order valence-corrected chi connectivity index (χ2v) is 8.65. The summed E-state index contributed by atoms with van der Waals surface area (Å²) >= 11 is 0. The zero-order chi connectivity index (χ0) is 26.4. The highest BCUT2D eigenvalue weighted by Gasteiger charge is 2.29. The van der Waals surface area contributed by atoms with Crippen molar-refractivity contribution in [2.75, 3.05) is 33.3 Å². The molecule has 1 aliphatic rings. The van der Waals surface area contributed by atoms with Crippen LogP contribution in [0.3, 0.4) is 0 Å². The molecule has 1 fully saturated rings. The van der Waals surface area contributed by atoms with Gasteiger partial charge in [0.25, 0.3) is 17.6 Å². The monoisotopic (exact) mass is 501 g/mol. The Bertz CT molecular complexity index is 1340. The summed E-state index contributed by atoms with van der Waals surface area (Å²) < 4.78 is 19.9. The highest BCUT2D eigenvalue weighted by molar-refractivity contribution is 6.42. The van der Waals surface area contributed by atoms with Crippen LogP contribution in [0.1, 0.15) is 26.4 Å². The van der Waals surface area contributed by atoms with Crippen LogP contribution in [0.25, 0.3) is 11.1 Å². The van der Waals surface area contributed by atoms with E-state index in [0.717, 1.165) is 17.2 Å². The lowest BCUT2D eigenvalue weighted by molar-refractivity contribution is -0.127. The number of carbonyl (C=O) groups excluding carboxylic acids is 3. The molecule has 0 bridgehead atoms. The van der Waals surface area contributed by atoms with Crippen LogP contribution in [0.15, 0.2) is 79.0 Å². The third-order valence-corrected chi connectivity index (χ3v) is 6.28. The normalized spacial score (nSPS) is 13.1. The average molecular weight is 502 g/mol. The first-order chi connectivity index (χ1) is 17.9. The Morgan fingerprint density at radius 2 is 1.49 bits per heavy atom. The minimum absolute atomic E-state index is 0.0923. The van der Waals surface area contributed by atoms with Gasteiger partial charge in [0.2, 0.25) is 0 Å². The Morgan fingerprint density at radius 3 is 2.14 bits per heavy atom. The number of hydrogen-bond acceptors (Lipinski definition) is 4. The average Bonchev–Trinajstić information content (AvgIpc) is 3.01. The van der Waals surface area contributed by atoms with Gasteiger partial charge in [0.15, 0.2) is 0 Å². The molecule has 0 saturated carbocycles. The van der Waals surface area contributed by atoms with Crippen molar-refractivity contribution < 1.29 is 23.5 Å². The Hall–Kier alpha value is -4.46. The molecule has 0 atom stereocenters. The number of aromatic amines is 1. The first-order valence-corrected chi connectivity index (χ1v) is 11.9. The number of nitrogens with one attached hydrogen (secondary N) is 1. The quantitative estimate of drug-likeness (QED) is 0.414. The topological polar surface area (TPSA) is 82.7 Å². The number of hydrogen-bond donors (Lipinski definition) is 1. The number of ketones is 1. The fraction of sp³-hybridized carbons (Fsp3) is 0.207. The van der Waals surface area contributed by atoms with Crippen LogP contribution >= 0.6 is 0 Å². The maximum absolute atomic E-state index is 14.7. The number of halogens is 1.